The fraction of sp³-hybridized carbons (Fsp3) is 0.316. The Hall–Kier alpha value is -2.69. The van der Waals surface area contributed by atoms with Gasteiger partial charge in [-0.3, -0.25) is 5.10 Å². The Balaban J connectivity index is 1.44. The molecule has 1 aliphatic rings. The average Bonchev–Trinajstić information content (AvgIpc) is 3.11. The summed E-state index contributed by atoms with van der Waals surface area (Å²) in [5.41, 5.74) is 3.94. The molecule has 24 heavy (non-hydrogen) atoms. The number of aromatic nitrogens is 4. The third-order valence-corrected chi connectivity index (χ3v) is 4.73. The molecule has 0 radical (unpaired) electrons. The Morgan fingerprint density at radius 3 is 2.50 bits per heavy atom. The number of benzene rings is 1. The van der Waals surface area contributed by atoms with E-state index in [1.54, 1.807) is 12.4 Å². The summed E-state index contributed by atoms with van der Waals surface area (Å²) in [5, 5.41) is 7.56. The van der Waals surface area contributed by atoms with E-state index >= 15 is 0 Å². The first-order valence-corrected chi connectivity index (χ1v) is 8.48. The molecule has 1 saturated heterocycles. The van der Waals surface area contributed by atoms with Crippen LogP contribution in [0.1, 0.15) is 35.6 Å². The standard InChI is InChI=1S/C19H21N5/c1-2-5-15(6-3-1)13-17-14-22-23-18(17)16-7-11-24(12-8-16)19-20-9-4-10-21-19/h1-6,9-10,14,16H,7-8,11-13H2,(H,22,23). The molecule has 1 aliphatic heterocycles. The maximum atomic E-state index is 4.36. The van der Waals surface area contributed by atoms with Crippen LogP contribution >= 0.6 is 0 Å². The van der Waals surface area contributed by atoms with Crippen molar-refractivity contribution >= 4 is 5.95 Å². The Morgan fingerprint density at radius 1 is 1.00 bits per heavy atom. The van der Waals surface area contributed by atoms with Gasteiger partial charge in [0.25, 0.3) is 0 Å². The third kappa shape index (κ3) is 3.15. The molecule has 5 heteroatoms. The fourth-order valence-electron chi connectivity index (χ4n) is 3.45. The lowest BCUT2D eigenvalue weighted by Crippen LogP contribution is -2.34. The molecule has 2 aromatic heterocycles. The summed E-state index contributed by atoms with van der Waals surface area (Å²) in [5.74, 6) is 1.37. The Bertz CT molecular complexity index is 761. The number of anilines is 1. The zero-order chi connectivity index (χ0) is 16.2. The van der Waals surface area contributed by atoms with E-state index in [0.717, 1.165) is 38.3 Å². The molecule has 4 rings (SSSR count). The average molecular weight is 319 g/mol. The van der Waals surface area contributed by atoms with Crippen LogP contribution in [-0.4, -0.2) is 33.3 Å². The van der Waals surface area contributed by atoms with Crippen molar-refractivity contribution in [1.82, 2.24) is 20.2 Å². The molecule has 1 N–H and O–H groups in total. The van der Waals surface area contributed by atoms with Gasteiger partial charge in [-0.05, 0) is 30.0 Å². The van der Waals surface area contributed by atoms with Gasteiger partial charge in [-0.15, -0.1) is 0 Å². The van der Waals surface area contributed by atoms with Crippen LogP contribution in [-0.2, 0) is 6.42 Å². The Labute approximate surface area is 141 Å². The number of nitrogens with zero attached hydrogens (tertiary/aromatic N) is 4. The van der Waals surface area contributed by atoms with E-state index in [-0.39, 0.29) is 0 Å². The van der Waals surface area contributed by atoms with Crippen LogP contribution in [0.4, 0.5) is 5.95 Å². The minimum atomic E-state index is 0.533. The van der Waals surface area contributed by atoms with E-state index in [4.69, 9.17) is 0 Å². The summed E-state index contributed by atoms with van der Waals surface area (Å²) in [4.78, 5) is 11.0. The van der Waals surface area contributed by atoms with E-state index in [1.165, 1.54) is 16.8 Å². The van der Waals surface area contributed by atoms with Gasteiger partial charge in [-0.1, -0.05) is 30.3 Å². The predicted octanol–water partition coefficient (Wildman–Crippen LogP) is 3.17. The highest BCUT2D eigenvalue weighted by molar-refractivity contribution is 5.33. The van der Waals surface area contributed by atoms with Crippen molar-refractivity contribution in [3.05, 3.63) is 71.8 Å². The van der Waals surface area contributed by atoms with Gasteiger partial charge in [-0.2, -0.15) is 5.10 Å². The van der Waals surface area contributed by atoms with Gasteiger partial charge in [-0.25, -0.2) is 9.97 Å². The van der Waals surface area contributed by atoms with Crippen molar-refractivity contribution in [3.8, 4) is 0 Å². The van der Waals surface area contributed by atoms with E-state index in [9.17, 15) is 0 Å². The highest BCUT2D eigenvalue weighted by atomic mass is 15.2. The number of H-pyrrole nitrogens is 1. The number of nitrogens with one attached hydrogen (secondary N) is 1. The summed E-state index contributed by atoms with van der Waals surface area (Å²) < 4.78 is 0. The molecule has 0 saturated carbocycles. The van der Waals surface area contributed by atoms with Gasteiger partial charge in [0.2, 0.25) is 5.95 Å². The molecular formula is C19H21N5. The maximum absolute atomic E-state index is 4.36. The van der Waals surface area contributed by atoms with E-state index in [0.29, 0.717) is 5.92 Å². The van der Waals surface area contributed by atoms with Crippen molar-refractivity contribution in [2.24, 2.45) is 0 Å². The zero-order valence-corrected chi connectivity index (χ0v) is 13.6. The maximum Gasteiger partial charge on any atom is 0.225 e. The first-order chi connectivity index (χ1) is 11.9. The number of hydrogen-bond acceptors (Lipinski definition) is 4. The molecule has 1 fully saturated rings. The summed E-state index contributed by atoms with van der Waals surface area (Å²) in [6, 6.07) is 12.4. The summed E-state index contributed by atoms with van der Waals surface area (Å²) in [7, 11) is 0. The summed E-state index contributed by atoms with van der Waals surface area (Å²) in [6.45, 7) is 1.97. The highest BCUT2D eigenvalue weighted by Gasteiger charge is 2.25. The molecule has 3 aromatic rings. The van der Waals surface area contributed by atoms with Gasteiger partial charge in [0.1, 0.15) is 0 Å². The molecule has 0 amide bonds. The van der Waals surface area contributed by atoms with Gasteiger partial charge < -0.3 is 4.90 Å². The minimum Gasteiger partial charge on any atom is -0.341 e. The van der Waals surface area contributed by atoms with Crippen molar-refractivity contribution in [1.29, 1.82) is 0 Å². The zero-order valence-electron chi connectivity index (χ0n) is 13.6. The molecule has 0 unspecified atom stereocenters. The first kappa shape index (κ1) is 14.9. The monoisotopic (exact) mass is 319 g/mol. The van der Waals surface area contributed by atoms with Gasteiger partial charge in [0.05, 0.1) is 6.20 Å². The normalized spacial score (nSPS) is 15.6. The second kappa shape index (κ2) is 6.83. The predicted molar refractivity (Wildman–Crippen MR) is 94.1 cm³/mol. The molecule has 1 aromatic carbocycles. The summed E-state index contributed by atoms with van der Waals surface area (Å²) in [6.07, 6.45) is 8.73. The van der Waals surface area contributed by atoms with Crippen molar-refractivity contribution in [2.45, 2.75) is 25.2 Å². The Kier molecular flexibility index (Phi) is 4.23. The lowest BCUT2D eigenvalue weighted by molar-refractivity contribution is 0.488. The van der Waals surface area contributed by atoms with Crippen LogP contribution in [0.15, 0.2) is 55.0 Å². The second-order valence-corrected chi connectivity index (χ2v) is 6.28. The van der Waals surface area contributed by atoms with Crippen molar-refractivity contribution in [3.63, 3.8) is 0 Å². The van der Waals surface area contributed by atoms with Crippen molar-refractivity contribution in [2.75, 3.05) is 18.0 Å². The lowest BCUT2D eigenvalue weighted by atomic mass is 9.90. The second-order valence-electron chi connectivity index (χ2n) is 6.28. The molecule has 0 spiro atoms. The largest absolute Gasteiger partial charge is 0.341 e. The van der Waals surface area contributed by atoms with E-state index in [2.05, 4.69) is 55.4 Å². The van der Waals surface area contributed by atoms with Gasteiger partial charge in [0.15, 0.2) is 0 Å². The van der Waals surface area contributed by atoms with Gasteiger partial charge in [0, 0.05) is 43.5 Å². The van der Waals surface area contributed by atoms with Crippen LogP contribution in [0, 0.1) is 0 Å². The fourth-order valence-corrected chi connectivity index (χ4v) is 3.45. The highest BCUT2D eigenvalue weighted by Crippen LogP contribution is 2.30. The molecule has 122 valence electrons. The number of hydrogen-bond donors (Lipinski definition) is 1. The minimum absolute atomic E-state index is 0.533. The van der Waals surface area contributed by atoms with Crippen LogP contribution in [0.25, 0.3) is 0 Å². The molecule has 0 atom stereocenters. The molecule has 5 nitrogen and oxygen atoms in total. The molecular weight excluding hydrogens is 298 g/mol. The first-order valence-electron chi connectivity index (χ1n) is 8.48. The quantitative estimate of drug-likeness (QED) is 0.802. The number of rotatable bonds is 4. The number of piperidine rings is 1. The van der Waals surface area contributed by atoms with Crippen LogP contribution in [0.3, 0.4) is 0 Å². The van der Waals surface area contributed by atoms with Crippen LogP contribution < -0.4 is 4.90 Å². The van der Waals surface area contributed by atoms with E-state index in [1.807, 2.05) is 12.3 Å². The number of aromatic amines is 1. The van der Waals surface area contributed by atoms with Crippen LogP contribution in [0.2, 0.25) is 0 Å². The van der Waals surface area contributed by atoms with Crippen LogP contribution in [0.5, 0.6) is 0 Å². The molecule has 0 aliphatic carbocycles. The smallest absolute Gasteiger partial charge is 0.225 e. The summed E-state index contributed by atoms with van der Waals surface area (Å²) >= 11 is 0. The molecule has 0 bridgehead atoms. The topological polar surface area (TPSA) is 57.7 Å². The Morgan fingerprint density at radius 2 is 1.75 bits per heavy atom. The van der Waals surface area contributed by atoms with Crippen molar-refractivity contribution < 1.29 is 0 Å². The molecule has 3 heterocycles. The SMILES string of the molecule is c1ccc(Cc2cn[nH]c2C2CCN(c3ncccn3)CC2)cc1. The lowest BCUT2D eigenvalue weighted by Gasteiger charge is -2.31. The van der Waals surface area contributed by atoms with E-state index < -0.39 is 0 Å². The van der Waals surface area contributed by atoms with Gasteiger partial charge >= 0.3 is 0 Å². The third-order valence-electron chi connectivity index (χ3n) is 4.73.